The van der Waals surface area contributed by atoms with Crippen molar-refractivity contribution < 1.29 is 17.9 Å². The van der Waals surface area contributed by atoms with Gasteiger partial charge < -0.3 is 10.1 Å². The monoisotopic (exact) mass is 372 g/mol. The number of hydrogen-bond acceptors (Lipinski definition) is 5. The number of hydrogen-bond donors (Lipinski definition) is 2. The smallest absolute Gasteiger partial charge is 0.261 e. The van der Waals surface area contributed by atoms with E-state index in [1.165, 1.54) is 13.0 Å². The van der Waals surface area contributed by atoms with Crippen molar-refractivity contribution in [2.75, 3.05) is 23.2 Å². The number of carbonyl (C=O) groups excluding carboxylic acids is 1. The largest absolute Gasteiger partial charge is 0.384 e. The molecule has 26 heavy (non-hydrogen) atoms. The molecule has 0 spiro atoms. The molecule has 2 aliphatic heterocycles. The number of rotatable bonds is 4. The maximum Gasteiger partial charge on any atom is 0.261 e. The zero-order valence-corrected chi connectivity index (χ0v) is 15.2. The third kappa shape index (κ3) is 3.08. The summed E-state index contributed by atoms with van der Waals surface area (Å²) in [5.74, 6) is 0.260. The minimum Gasteiger partial charge on any atom is -0.384 e. The predicted molar refractivity (Wildman–Crippen MR) is 99.0 cm³/mol. The van der Waals surface area contributed by atoms with Gasteiger partial charge >= 0.3 is 0 Å². The third-order valence-corrected chi connectivity index (χ3v) is 6.31. The molecule has 2 aromatic rings. The molecule has 136 valence electrons. The van der Waals surface area contributed by atoms with Crippen molar-refractivity contribution in [1.29, 1.82) is 0 Å². The number of anilines is 2. The maximum absolute atomic E-state index is 12.8. The van der Waals surface area contributed by atoms with Crippen LogP contribution in [0.1, 0.15) is 35.4 Å². The van der Waals surface area contributed by atoms with Gasteiger partial charge in [0.25, 0.3) is 10.0 Å². The van der Waals surface area contributed by atoms with Crippen LogP contribution in [0.25, 0.3) is 0 Å². The van der Waals surface area contributed by atoms with Gasteiger partial charge in [-0.2, -0.15) is 0 Å². The molecular weight excluding hydrogens is 352 g/mol. The van der Waals surface area contributed by atoms with E-state index in [1.54, 1.807) is 36.4 Å². The molecule has 0 aliphatic carbocycles. The van der Waals surface area contributed by atoms with E-state index in [1.807, 2.05) is 0 Å². The Morgan fingerprint density at radius 2 is 2.08 bits per heavy atom. The number of ether oxygens (including phenoxy) is 1. The van der Waals surface area contributed by atoms with E-state index in [4.69, 9.17) is 4.74 Å². The number of fused-ring (bicyclic) bond motifs is 3. The summed E-state index contributed by atoms with van der Waals surface area (Å²) in [5.41, 5.74) is 2.63. The standard InChI is InChI=1S/C19H20N2O4S/c1-12(22)13-3-2-4-15(9-13)21-26(23,24)16-5-6-18-17(10-16)19-14(11-20-18)7-8-25-19/h2-6,9-10,14,19-21H,7-8,11H2,1H3/t14-,19?/m0/s1. The fourth-order valence-electron chi connectivity index (χ4n) is 3.55. The van der Waals surface area contributed by atoms with Gasteiger partial charge in [0.1, 0.15) is 0 Å². The van der Waals surface area contributed by atoms with Crippen LogP contribution in [0.15, 0.2) is 47.4 Å². The second-order valence-electron chi connectivity index (χ2n) is 6.71. The maximum atomic E-state index is 12.8. The minimum atomic E-state index is -3.76. The van der Waals surface area contributed by atoms with E-state index >= 15 is 0 Å². The Bertz CT molecular complexity index is 971. The van der Waals surface area contributed by atoms with Gasteiger partial charge in [0.15, 0.2) is 5.78 Å². The average Bonchev–Trinajstić information content (AvgIpc) is 3.10. The van der Waals surface area contributed by atoms with Crippen LogP contribution in [0.2, 0.25) is 0 Å². The van der Waals surface area contributed by atoms with E-state index in [0.29, 0.717) is 23.8 Å². The van der Waals surface area contributed by atoms with Gasteiger partial charge in [0.05, 0.1) is 11.0 Å². The average molecular weight is 372 g/mol. The zero-order chi connectivity index (χ0) is 18.3. The molecule has 1 unspecified atom stereocenters. The topological polar surface area (TPSA) is 84.5 Å². The first-order valence-corrected chi connectivity index (χ1v) is 10.1. The van der Waals surface area contributed by atoms with Crippen LogP contribution in [0, 0.1) is 5.92 Å². The van der Waals surface area contributed by atoms with Gasteiger partial charge in [-0.3, -0.25) is 9.52 Å². The molecule has 2 N–H and O–H groups in total. The van der Waals surface area contributed by atoms with Crippen molar-refractivity contribution in [1.82, 2.24) is 0 Å². The Morgan fingerprint density at radius 3 is 2.88 bits per heavy atom. The molecule has 1 saturated heterocycles. The molecule has 7 heteroatoms. The number of carbonyl (C=O) groups is 1. The lowest BCUT2D eigenvalue weighted by Crippen LogP contribution is -2.25. The van der Waals surface area contributed by atoms with Crippen LogP contribution in [-0.4, -0.2) is 27.4 Å². The number of sulfonamides is 1. The molecule has 0 aromatic heterocycles. The van der Waals surface area contributed by atoms with Crippen molar-refractivity contribution in [2.45, 2.75) is 24.3 Å². The Balaban J connectivity index is 1.65. The normalized spacial score (nSPS) is 21.4. The molecule has 0 amide bonds. The van der Waals surface area contributed by atoms with E-state index in [2.05, 4.69) is 10.0 Å². The number of ketones is 1. The second kappa shape index (κ2) is 6.41. The molecule has 0 bridgehead atoms. The van der Waals surface area contributed by atoms with Crippen molar-refractivity contribution in [3.8, 4) is 0 Å². The van der Waals surface area contributed by atoms with Gasteiger partial charge in [-0.15, -0.1) is 0 Å². The lowest BCUT2D eigenvalue weighted by molar-refractivity contribution is 0.0910. The molecule has 6 nitrogen and oxygen atoms in total. The summed E-state index contributed by atoms with van der Waals surface area (Å²) < 4.78 is 34.0. The highest BCUT2D eigenvalue weighted by molar-refractivity contribution is 7.92. The van der Waals surface area contributed by atoms with Gasteiger partial charge in [-0.1, -0.05) is 12.1 Å². The van der Waals surface area contributed by atoms with Crippen molar-refractivity contribution in [3.05, 3.63) is 53.6 Å². The van der Waals surface area contributed by atoms with Crippen LogP contribution in [-0.2, 0) is 14.8 Å². The van der Waals surface area contributed by atoms with Crippen LogP contribution in [0.5, 0.6) is 0 Å². The highest BCUT2D eigenvalue weighted by Gasteiger charge is 2.35. The highest BCUT2D eigenvalue weighted by Crippen LogP contribution is 2.42. The van der Waals surface area contributed by atoms with E-state index in [-0.39, 0.29) is 16.8 Å². The molecule has 2 aliphatic rings. The third-order valence-electron chi connectivity index (χ3n) is 4.93. The van der Waals surface area contributed by atoms with Gasteiger partial charge in [0, 0.05) is 41.6 Å². The Morgan fingerprint density at radius 1 is 1.23 bits per heavy atom. The summed E-state index contributed by atoms with van der Waals surface area (Å²) in [4.78, 5) is 11.7. The quantitative estimate of drug-likeness (QED) is 0.805. The summed E-state index contributed by atoms with van der Waals surface area (Å²) >= 11 is 0. The van der Waals surface area contributed by atoms with Gasteiger partial charge in [0.2, 0.25) is 0 Å². The first kappa shape index (κ1) is 17.1. The molecule has 2 aromatic carbocycles. The molecular formula is C19H20N2O4S. The Hall–Kier alpha value is -2.38. The van der Waals surface area contributed by atoms with Crippen LogP contribution in [0.3, 0.4) is 0 Å². The summed E-state index contributed by atoms with van der Waals surface area (Å²) in [5, 5.41) is 3.35. The minimum absolute atomic E-state index is 0.0533. The molecule has 2 heterocycles. The molecule has 4 rings (SSSR count). The number of nitrogens with one attached hydrogen (secondary N) is 2. The summed E-state index contributed by atoms with van der Waals surface area (Å²) in [6.45, 7) is 2.99. The van der Waals surface area contributed by atoms with Crippen molar-refractivity contribution >= 4 is 27.2 Å². The van der Waals surface area contributed by atoms with E-state index < -0.39 is 10.0 Å². The lowest BCUT2D eigenvalue weighted by atomic mass is 9.91. The second-order valence-corrected chi connectivity index (χ2v) is 8.39. The highest BCUT2D eigenvalue weighted by atomic mass is 32.2. The molecule has 0 radical (unpaired) electrons. The predicted octanol–water partition coefficient (Wildman–Crippen LogP) is 3.19. The van der Waals surface area contributed by atoms with E-state index in [0.717, 1.165) is 24.2 Å². The molecule has 0 saturated carbocycles. The van der Waals surface area contributed by atoms with Gasteiger partial charge in [-0.05, 0) is 43.7 Å². The summed E-state index contributed by atoms with van der Waals surface area (Å²) in [6, 6.07) is 11.5. The van der Waals surface area contributed by atoms with Crippen LogP contribution >= 0.6 is 0 Å². The fourth-order valence-corrected chi connectivity index (χ4v) is 4.63. The molecule has 2 atom stereocenters. The molecule has 1 fully saturated rings. The SMILES string of the molecule is CC(=O)c1cccc(NS(=O)(=O)c2ccc3c(c2)C2OCC[C@H]2CN3)c1. The fraction of sp³-hybridized carbons (Fsp3) is 0.316. The zero-order valence-electron chi connectivity index (χ0n) is 14.4. The Labute approximate surface area is 152 Å². The summed E-state index contributed by atoms with van der Waals surface area (Å²) in [7, 11) is -3.76. The van der Waals surface area contributed by atoms with Gasteiger partial charge in [-0.25, -0.2) is 8.42 Å². The lowest BCUT2D eigenvalue weighted by Gasteiger charge is -2.28. The van der Waals surface area contributed by atoms with Crippen LogP contribution < -0.4 is 10.0 Å². The Kier molecular flexibility index (Phi) is 4.20. The summed E-state index contributed by atoms with van der Waals surface area (Å²) in [6.07, 6.45) is 0.923. The number of Topliss-reactive ketones (excluding diaryl/α,β-unsaturated/α-hetero) is 1. The van der Waals surface area contributed by atoms with Crippen molar-refractivity contribution in [2.24, 2.45) is 5.92 Å². The van der Waals surface area contributed by atoms with E-state index in [9.17, 15) is 13.2 Å². The first-order chi connectivity index (χ1) is 12.4. The number of benzene rings is 2. The first-order valence-electron chi connectivity index (χ1n) is 8.57. The van der Waals surface area contributed by atoms with Crippen LogP contribution in [0.4, 0.5) is 11.4 Å². The van der Waals surface area contributed by atoms with Crippen molar-refractivity contribution in [3.63, 3.8) is 0 Å².